The first-order chi connectivity index (χ1) is 9.97. The standard InChI is InChI=1S/C15H31N5O/c1-6-16-14(21)8-18-15(17-7-2)19-13-10-20(11(3)4)9-12(13)5/h11-13H,6-10H2,1-5H3,(H,16,21)(H2,17,18,19). The van der Waals surface area contributed by atoms with E-state index in [0.29, 0.717) is 24.5 Å². The summed E-state index contributed by atoms with van der Waals surface area (Å²) < 4.78 is 0. The molecule has 122 valence electrons. The molecule has 0 bridgehead atoms. The van der Waals surface area contributed by atoms with Gasteiger partial charge in [-0.25, -0.2) is 4.99 Å². The Labute approximate surface area is 128 Å². The van der Waals surface area contributed by atoms with Crippen molar-refractivity contribution in [3.8, 4) is 0 Å². The van der Waals surface area contributed by atoms with Gasteiger partial charge in [-0.15, -0.1) is 0 Å². The summed E-state index contributed by atoms with van der Waals surface area (Å²) in [5.74, 6) is 1.25. The lowest BCUT2D eigenvalue weighted by atomic mass is 10.1. The number of amides is 1. The predicted molar refractivity (Wildman–Crippen MR) is 87.5 cm³/mol. The van der Waals surface area contributed by atoms with Gasteiger partial charge in [0.2, 0.25) is 5.91 Å². The number of hydrogen-bond acceptors (Lipinski definition) is 3. The quantitative estimate of drug-likeness (QED) is 0.490. The van der Waals surface area contributed by atoms with Gasteiger partial charge in [-0.2, -0.15) is 0 Å². The Balaban J connectivity index is 2.57. The second kappa shape index (κ2) is 8.87. The highest BCUT2D eigenvalue weighted by atomic mass is 16.1. The van der Waals surface area contributed by atoms with E-state index in [1.807, 2.05) is 13.8 Å². The molecule has 0 spiro atoms. The number of carbonyl (C=O) groups excluding carboxylic acids is 1. The van der Waals surface area contributed by atoms with Crippen molar-refractivity contribution in [2.45, 2.75) is 46.7 Å². The molecule has 2 atom stereocenters. The fourth-order valence-electron chi connectivity index (χ4n) is 2.51. The highest BCUT2D eigenvalue weighted by molar-refractivity contribution is 5.85. The van der Waals surface area contributed by atoms with Crippen LogP contribution in [-0.2, 0) is 4.79 Å². The second-order valence-electron chi connectivity index (χ2n) is 5.92. The lowest BCUT2D eigenvalue weighted by molar-refractivity contribution is -0.119. The Morgan fingerprint density at radius 3 is 2.43 bits per heavy atom. The van der Waals surface area contributed by atoms with E-state index in [-0.39, 0.29) is 12.5 Å². The van der Waals surface area contributed by atoms with Crippen LogP contribution in [0.1, 0.15) is 34.6 Å². The molecular formula is C15H31N5O. The van der Waals surface area contributed by atoms with Crippen molar-refractivity contribution in [3.63, 3.8) is 0 Å². The summed E-state index contributed by atoms with van der Waals surface area (Å²) in [6.45, 7) is 14.4. The molecule has 6 heteroatoms. The Hall–Kier alpha value is -1.30. The molecule has 1 aliphatic rings. The third-order valence-electron chi connectivity index (χ3n) is 3.79. The number of aliphatic imine (C=N–C) groups is 1. The summed E-state index contributed by atoms with van der Waals surface area (Å²) in [7, 11) is 0. The fraction of sp³-hybridized carbons (Fsp3) is 0.867. The van der Waals surface area contributed by atoms with Gasteiger partial charge in [0.05, 0.1) is 0 Å². The van der Waals surface area contributed by atoms with Gasteiger partial charge in [0.1, 0.15) is 6.54 Å². The molecule has 1 fully saturated rings. The average Bonchev–Trinajstić information content (AvgIpc) is 2.78. The predicted octanol–water partition coefficient (Wildman–Crippen LogP) is 0.406. The first-order valence-electron chi connectivity index (χ1n) is 8.03. The van der Waals surface area contributed by atoms with Gasteiger partial charge in [-0.3, -0.25) is 9.69 Å². The summed E-state index contributed by atoms with van der Waals surface area (Å²) in [6, 6.07) is 0.938. The molecule has 2 unspecified atom stereocenters. The fourth-order valence-corrected chi connectivity index (χ4v) is 2.51. The number of nitrogens with one attached hydrogen (secondary N) is 3. The van der Waals surface area contributed by atoms with Crippen LogP contribution in [0.3, 0.4) is 0 Å². The monoisotopic (exact) mass is 297 g/mol. The summed E-state index contributed by atoms with van der Waals surface area (Å²) in [5, 5.41) is 9.44. The number of likely N-dealkylation sites (tertiary alicyclic amines) is 1. The van der Waals surface area contributed by atoms with E-state index in [1.165, 1.54) is 0 Å². The maximum Gasteiger partial charge on any atom is 0.241 e. The summed E-state index contributed by atoms with van der Waals surface area (Å²) in [6.07, 6.45) is 0. The number of likely N-dealkylation sites (N-methyl/N-ethyl adjacent to an activating group) is 1. The Morgan fingerprint density at radius 2 is 1.90 bits per heavy atom. The topological polar surface area (TPSA) is 68.8 Å². The molecule has 0 radical (unpaired) electrons. The Morgan fingerprint density at radius 1 is 1.24 bits per heavy atom. The van der Waals surface area contributed by atoms with Crippen LogP contribution < -0.4 is 16.0 Å². The van der Waals surface area contributed by atoms with Crippen molar-refractivity contribution in [2.24, 2.45) is 10.9 Å². The second-order valence-corrected chi connectivity index (χ2v) is 5.92. The number of carbonyl (C=O) groups is 1. The average molecular weight is 297 g/mol. The summed E-state index contributed by atoms with van der Waals surface area (Å²) >= 11 is 0. The van der Waals surface area contributed by atoms with Gasteiger partial charge in [0.25, 0.3) is 0 Å². The zero-order chi connectivity index (χ0) is 15.8. The Kier molecular flexibility index (Phi) is 7.50. The summed E-state index contributed by atoms with van der Waals surface area (Å²) in [4.78, 5) is 18.3. The van der Waals surface area contributed by atoms with E-state index >= 15 is 0 Å². The van der Waals surface area contributed by atoms with Gasteiger partial charge in [0, 0.05) is 38.3 Å². The van der Waals surface area contributed by atoms with E-state index in [0.717, 1.165) is 25.6 Å². The van der Waals surface area contributed by atoms with Crippen molar-refractivity contribution >= 4 is 11.9 Å². The third-order valence-corrected chi connectivity index (χ3v) is 3.79. The minimum absolute atomic E-state index is 0.0435. The van der Waals surface area contributed by atoms with E-state index in [1.54, 1.807) is 0 Å². The van der Waals surface area contributed by atoms with Gasteiger partial charge in [-0.1, -0.05) is 6.92 Å². The zero-order valence-corrected chi connectivity index (χ0v) is 14.1. The van der Waals surface area contributed by atoms with Crippen LogP contribution in [0.2, 0.25) is 0 Å². The number of rotatable bonds is 6. The molecule has 3 N–H and O–H groups in total. The van der Waals surface area contributed by atoms with Crippen molar-refractivity contribution in [2.75, 3.05) is 32.7 Å². The minimum atomic E-state index is -0.0435. The molecule has 6 nitrogen and oxygen atoms in total. The van der Waals surface area contributed by atoms with Crippen molar-refractivity contribution < 1.29 is 4.79 Å². The molecule has 0 aromatic rings. The van der Waals surface area contributed by atoms with Crippen molar-refractivity contribution in [3.05, 3.63) is 0 Å². The van der Waals surface area contributed by atoms with Crippen molar-refractivity contribution in [1.29, 1.82) is 0 Å². The number of guanidine groups is 1. The van der Waals surface area contributed by atoms with Crippen molar-refractivity contribution in [1.82, 2.24) is 20.9 Å². The summed E-state index contributed by atoms with van der Waals surface area (Å²) in [5.41, 5.74) is 0. The molecule has 0 aliphatic carbocycles. The van der Waals surface area contributed by atoms with E-state index in [4.69, 9.17) is 0 Å². The molecule has 0 aromatic heterocycles. The smallest absolute Gasteiger partial charge is 0.241 e. The molecule has 1 rings (SSSR count). The first-order valence-corrected chi connectivity index (χ1v) is 8.03. The molecule has 0 aromatic carbocycles. The van der Waals surface area contributed by atoms with Crippen LogP contribution in [0, 0.1) is 5.92 Å². The molecule has 0 saturated carbocycles. The highest BCUT2D eigenvalue weighted by Crippen LogP contribution is 2.18. The number of hydrogen-bond donors (Lipinski definition) is 3. The molecule has 1 saturated heterocycles. The lowest BCUT2D eigenvalue weighted by Crippen LogP contribution is -2.47. The van der Waals surface area contributed by atoms with Gasteiger partial charge >= 0.3 is 0 Å². The van der Waals surface area contributed by atoms with Gasteiger partial charge in [0.15, 0.2) is 5.96 Å². The van der Waals surface area contributed by atoms with Crippen LogP contribution in [0.4, 0.5) is 0 Å². The van der Waals surface area contributed by atoms with Crippen LogP contribution in [-0.4, -0.2) is 61.6 Å². The lowest BCUT2D eigenvalue weighted by Gasteiger charge is -2.21. The van der Waals surface area contributed by atoms with Crippen LogP contribution >= 0.6 is 0 Å². The van der Waals surface area contributed by atoms with Crippen LogP contribution in [0.5, 0.6) is 0 Å². The van der Waals surface area contributed by atoms with E-state index in [2.05, 4.69) is 46.6 Å². The molecule has 1 heterocycles. The normalized spacial score (nSPS) is 23.4. The van der Waals surface area contributed by atoms with E-state index < -0.39 is 0 Å². The van der Waals surface area contributed by atoms with Crippen LogP contribution in [0.25, 0.3) is 0 Å². The SMILES string of the molecule is CCNC(=O)CN=C(NCC)NC1CN(C(C)C)CC1C. The van der Waals surface area contributed by atoms with Gasteiger partial charge < -0.3 is 16.0 Å². The first kappa shape index (κ1) is 17.8. The molecule has 1 aliphatic heterocycles. The maximum atomic E-state index is 11.5. The Bertz CT molecular complexity index is 356. The molecule has 21 heavy (non-hydrogen) atoms. The van der Waals surface area contributed by atoms with Crippen LogP contribution in [0.15, 0.2) is 4.99 Å². The zero-order valence-electron chi connectivity index (χ0n) is 14.1. The maximum absolute atomic E-state index is 11.5. The minimum Gasteiger partial charge on any atom is -0.357 e. The molecular weight excluding hydrogens is 266 g/mol. The van der Waals surface area contributed by atoms with Gasteiger partial charge in [-0.05, 0) is 33.6 Å². The third kappa shape index (κ3) is 5.91. The molecule has 1 amide bonds. The highest BCUT2D eigenvalue weighted by Gasteiger charge is 2.31. The largest absolute Gasteiger partial charge is 0.357 e. The number of nitrogens with zero attached hydrogens (tertiary/aromatic N) is 2. The van der Waals surface area contributed by atoms with E-state index in [9.17, 15) is 4.79 Å².